The fourth-order valence-corrected chi connectivity index (χ4v) is 0.753. The second-order valence-corrected chi connectivity index (χ2v) is 2.05. The third-order valence-electron chi connectivity index (χ3n) is 1.02. The third kappa shape index (κ3) is 1.57. The Bertz CT molecular complexity index is 215. The molecule has 0 atom stereocenters. The van der Waals surface area contributed by atoms with Gasteiger partial charge in [-0.15, -0.1) is 0 Å². The summed E-state index contributed by atoms with van der Waals surface area (Å²) < 4.78 is 3.81. The molecule has 0 saturated heterocycles. The first-order valence-electron chi connectivity index (χ1n) is 2.62. The molecule has 1 rings (SSSR count). The summed E-state index contributed by atoms with van der Waals surface area (Å²) in [4.78, 5) is 0. The fraction of sp³-hybridized carbons (Fsp3) is 0.167. The van der Waals surface area contributed by atoms with Gasteiger partial charge in [0.1, 0.15) is 18.6 Å². The van der Waals surface area contributed by atoms with Crippen LogP contribution in [0.1, 0.15) is 0 Å². The van der Waals surface area contributed by atoms with Crippen LogP contribution in [0.3, 0.4) is 0 Å². The molecule has 2 nitrogen and oxygen atoms in total. The van der Waals surface area contributed by atoms with Gasteiger partial charge in [-0.2, -0.15) is 0 Å². The Morgan fingerprint density at radius 1 is 1.67 bits per heavy atom. The van der Waals surface area contributed by atoms with E-state index in [2.05, 4.69) is 0 Å². The number of aryl methyl sites for hydroxylation is 1. The molecule has 0 aliphatic carbocycles. The summed E-state index contributed by atoms with van der Waals surface area (Å²) in [6.45, 7) is 0. The summed E-state index contributed by atoms with van der Waals surface area (Å²) in [5.74, 6) is 0. The van der Waals surface area contributed by atoms with Crippen LogP contribution in [0.15, 0.2) is 24.3 Å². The van der Waals surface area contributed by atoms with Crippen molar-refractivity contribution in [2.45, 2.75) is 0 Å². The summed E-state index contributed by atoms with van der Waals surface area (Å²) in [5, 5.41) is 0. The van der Waals surface area contributed by atoms with Gasteiger partial charge in [-0.05, 0) is 0 Å². The molecule has 0 radical (unpaired) electrons. The zero-order chi connectivity index (χ0) is 6.69. The Balaban J connectivity index is 2.85. The molecule has 0 unspecified atom stereocenters. The zero-order valence-corrected chi connectivity index (χ0v) is 5.92. The van der Waals surface area contributed by atoms with Crippen molar-refractivity contribution >= 4 is 17.8 Å². The van der Waals surface area contributed by atoms with Crippen LogP contribution in [0.25, 0.3) is 6.20 Å². The maximum absolute atomic E-state index is 5.33. The van der Waals surface area contributed by atoms with E-state index in [9.17, 15) is 0 Å². The van der Waals surface area contributed by atoms with Gasteiger partial charge in [0.05, 0.1) is 7.05 Å². The molecule has 0 aromatic carbocycles. The molecular weight excluding hydrogens is 136 g/mol. The lowest BCUT2D eigenvalue weighted by atomic mass is 10.8. The molecule has 0 spiro atoms. The van der Waals surface area contributed by atoms with Gasteiger partial charge in [0.25, 0.3) is 0 Å². The Morgan fingerprint density at radius 3 is 2.89 bits per heavy atom. The Labute approximate surface area is 59.0 Å². The normalized spacial score (nSPS) is 10.9. The molecule has 3 heteroatoms. The van der Waals surface area contributed by atoms with Crippen molar-refractivity contribution in [2.75, 3.05) is 0 Å². The van der Waals surface area contributed by atoms with Crippen LogP contribution in [-0.2, 0) is 7.05 Å². The molecule has 0 fully saturated rings. The van der Waals surface area contributed by atoms with E-state index in [1.165, 1.54) is 5.54 Å². The van der Waals surface area contributed by atoms with Gasteiger partial charge in [-0.25, -0.2) is 9.13 Å². The lowest BCUT2D eigenvalue weighted by Crippen LogP contribution is -2.23. The standard InChI is InChI=1S/C6H8ClN2/c1-8-4-5-9(6-8)3-2-7/h2-6H,1H3/q+1. The average Bonchev–Trinajstić information content (AvgIpc) is 2.17. The number of rotatable bonds is 1. The van der Waals surface area contributed by atoms with E-state index >= 15 is 0 Å². The molecule has 0 aliphatic rings. The molecular formula is C6H8ClN2+. The maximum atomic E-state index is 5.33. The van der Waals surface area contributed by atoms with Gasteiger partial charge in [-0.1, -0.05) is 11.6 Å². The number of halogens is 1. The Morgan fingerprint density at radius 2 is 2.44 bits per heavy atom. The minimum Gasteiger partial charge on any atom is -0.239 e. The number of hydrogen-bond donors (Lipinski definition) is 0. The van der Waals surface area contributed by atoms with Crippen molar-refractivity contribution in [3.05, 3.63) is 24.3 Å². The van der Waals surface area contributed by atoms with Crippen LogP contribution in [-0.4, -0.2) is 4.57 Å². The monoisotopic (exact) mass is 143 g/mol. The van der Waals surface area contributed by atoms with Gasteiger partial charge >= 0.3 is 0 Å². The molecule has 0 N–H and O–H groups in total. The largest absolute Gasteiger partial charge is 0.248 e. The Kier molecular flexibility index (Phi) is 1.90. The molecule has 0 aliphatic heterocycles. The summed E-state index contributed by atoms with van der Waals surface area (Å²) in [7, 11) is 1.96. The predicted molar refractivity (Wildman–Crippen MR) is 36.8 cm³/mol. The fourth-order valence-electron chi connectivity index (χ4n) is 0.623. The van der Waals surface area contributed by atoms with Gasteiger partial charge in [0.15, 0.2) is 0 Å². The highest BCUT2D eigenvalue weighted by Crippen LogP contribution is 1.86. The van der Waals surface area contributed by atoms with E-state index in [1.807, 2.05) is 34.9 Å². The van der Waals surface area contributed by atoms with Crippen molar-refractivity contribution in [1.82, 2.24) is 4.57 Å². The molecule has 0 saturated carbocycles. The predicted octanol–water partition coefficient (Wildman–Crippen LogP) is 0.980. The van der Waals surface area contributed by atoms with E-state index in [4.69, 9.17) is 11.6 Å². The van der Waals surface area contributed by atoms with Crippen LogP contribution < -0.4 is 4.57 Å². The highest BCUT2D eigenvalue weighted by Gasteiger charge is 1.91. The lowest BCUT2D eigenvalue weighted by molar-refractivity contribution is -0.670. The summed E-state index contributed by atoms with van der Waals surface area (Å²) in [6, 6.07) is 0. The molecule has 9 heavy (non-hydrogen) atoms. The highest BCUT2D eigenvalue weighted by molar-refractivity contribution is 6.26. The maximum Gasteiger partial charge on any atom is 0.248 e. The smallest absolute Gasteiger partial charge is 0.239 e. The number of imidazole rings is 1. The summed E-state index contributed by atoms with van der Waals surface area (Å²) in [5.41, 5.74) is 1.47. The van der Waals surface area contributed by atoms with Crippen molar-refractivity contribution in [3.63, 3.8) is 0 Å². The van der Waals surface area contributed by atoms with Crippen molar-refractivity contribution < 1.29 is 4.57 Å². The van der Waals surface area contributed by atoms with Crippen molar-refractivity contribution in [2.24, 2.45) is 7.05 Å². The van der Waals surface area contributed by atoms with Gasteiger partial charge < -0.3 is 0 Å². The van der Waals surface area contributed by atoms with Gasteiger partial charge in [-0.3, -0.25) is 0 Å². The number of nitrogens with zero attached hydrogens (tertiary/aromatic N) is 2. The van der Waals surface area contributed by atoms with Crippen LogP contribution in [0, 0.1) is 0 Å². The van der Waals surface area contributed by atoms with E-state index < -0.39 is 0 Å². The number of hydrogen-bond acceptors (Lipinski definition) is 0. The minimum absolute atomic E-state index is 1.47. The van der Waals surface area contributed by atoms with E-state index in [1.54, 1.807) is 6.20 Å². The van der Waals surface area contributed by atoms with Crippen LogP contribution in [0.4, 0.5) is 0 Å². The second kappa shape index (κ2) is 2.69. The molecule has 1 heterocycles. The number of aromatic nitrogens is 2. The topological polar surface area (TPSA) is 8.81 Å². The minimum atomic E-state index is 1.47. The van der Waals surface area contributed by atoms with Crippen molar-refractivity contribution in [3.8, 4) is 0 Å². The SMILES string of the molecule is C[n+]1ccn(C=CCl)c1. The molecule has 0 amide bonds. The second-order valence-electron chi connectivity index (χ2n) is 1.80. The first kappa shape index (κ1) is 6.36. The molecule has 0 bridgehead atoms. The Hall–Kier alpha value is -0.760. The van der Waals surface area contributed by atoms with Crippen LogP contribution >= 0.6 is 11.6 Å². The quantitative estimate of drug-likeness (QED) is 0.519. The average molecular weight is 144 g/mol. The van der Waals surface area contributed by atoms with E-state index in [0.29, 0.717) is 0 Å². The summed E-state index contributed by atoms with van der Waals surface area (Å²) >= 11 is 5.33. The first-order valence-corrected chi connectivity index (χ1v) is 3.06. The van der Waals surface area contributed by atoms with Gasteiger partial charge in [0.2, 0.25) is 6.33 Å². The van der Waals surface area contributed by atoms with Crippen LogP contribution in [0.5, 0.6) is 0 Å². The van der Waals surface area contributed by atoms with Gasteiger partial charge in [0, 0.05) is 5.54 Å². The molecule has 1 aromatic heterocycles. The lowest BCUT2D eigenvalue weighted by Gasteiger charge is -1.76. The third-order valence-corrected chi connectivity index (χ3v) is 1.13. The molecule has 1 aromatic rings. The highest BCUT2D eigenvalue weighted by atomic mass is 35.5. The first-order chi connectivity index (χ1) is 4.33. The zero-order valence-electron chi connectivity index (χ0n) is 5.16. The van der Waals surface area contributed by atoms with Crippen molar-refractivity contribution in [1.29, 1.82) is 0 Å². The van der Waals surface area contributed by atoms with E-state index in [-0.39, 0.29) is 0 Å². The van der Waals surface area contributed by atoms with E-state index in [0.717, 1.165) is 0 Å². The van der Waals surface area contributed by atoms with Crippen LogP contribution in [0.2, 0.25) is 0 Å². The summed E-state index contributed by atoms with van der Waals surface area (Å²) in [6.07, 6.45) is 7.54. The molecule has 48 valence electrons.